The van der Waals surface area contributed by atoms with Gasteiger partial charge in [0.25, 0.3) is 0 Å². The highest BCUT2D eigenvalue weighted by Crippen LogP contribution is 2.66. The largest absolute Gasteiger partial charge is 0.278 e. The number of fused-ring (bicyclic) bond motifs is 1. The number of hydrogen-bond acceptors (Lipinski definition) is 2. The minimum Gasteiger partial charge on any atom is -0.278 e. The molecule has 0 spiro atoms. The molecule has 128 valence electrons. The third-order valence-electron chi connectivity index (χ3n) is 5.93. The lowest BCUT2D eigenvalue weighted by Crippen LogP contribution is -2.38. The summed E-state index contributed by atoms with van der Waals surface area (Å²) >= 11 is 0. The van der Waals surface area contributed by atoms with Gasteiger partial charge >= 0.3 is 0 Å². The molecular formula is C22H23NO2. The molecular weight excluding hydrogens is 310 g/mol. The number of imide groups is 1. The Bertz CT molecular complexity index is 813. The van der Waals surface area contributed by atoms with E-state index in [2.05, 4.69) is 39.0 Å². The molecule has 1 saturated heterocycles. The summed E-state index contributed by atoms with van der Waals surface area (Å²) in [5.74, 6) is -0.371. The summed E-state index contributed by atoms with van der Waals surface area (Å²) in [6.45, 7) is 6.63. The Morgan fingerprint density at radius 2 is 1.48 bits per heavy atom. The van der Waals surface area contributed by atoms with Gasteiger partial charge in [-0.25, -0.2) is 0 Å². The van der Waals surface area contributed by atoms with E-state index in [-0.39, 0.29) is 29.1 Å². The zero-order chi connectivity index (χ0) is 17.8. The maximum absolute atomic E-state index is 13.0. The average molecular weight is 333 g/mol. The maximum atomic E-state index is 13.0. The fourth-order valence-electron chi connectivity index (χ4n) is 4.78. The molecule has 1 aliphatic carbocycles. The van der Waals surface area contributed by atoms with E-state index < -0.39 is 0 Å². The van der Waals surface area contributed by atoms with E-state index in [1.165, 1.54) is 16.0 Å². The van der Waals surface area contributed by atoms with Gasteiger partial charge in [-0.1, -0.05) is 66.6 Å². The van der Waals surface area contributed by atoms with E-state index in [0.29, 0.717) is 6.54 Å². The van der Waals surface area contributed by atoms with Crippen LogP contribution in [-0.2, 0) is 21.5 Å². The molecule has 0 radical (unpaired) electrons. The zero-order valence-corrected chi connectivity index (χ0v) is 15.0. The first-order valence-corrected chi connectivity index (χ1v) is 8.97. The molecule has 0 unspecified atom stereocenters. The molecule has 1 heterocycles. The van der Waals surface area contributed by atoms with Crippen LogP contribution in [0.4, 0.5) is 0 Å². The highest BCUT2D eigenvalue weighted by molar-refractivity contribution is 6.11. The summed E-state index contributed by atoms with van der Waals surface area (Å²) in [6, 6.07) is 16.2. The Hall–Kier alpha value is -2.42. The second kappa shape index (κ2) is 5.55. The molecule has 2 aromatic carbocycles. The van der Waals surface area contributed by atoms with Crippen LogP contribution < -0.4 is 0 Å². The normalized spacial score (nSPS) is 27.6. The number of hydrogen-bond donors (Lipinski definition) is 0. The first kappa shape index (κ1) is 16.1. The quantitative estimate of drug-likeness (QED) is 0.799. The lowest BCUT2D eigenvalue weighted by Gasteiger charge is -2.25. The number of likely N-dealkylation sites (tertiary alicyclic amines) is 1. The van der Waals surface area contributed by atoms with Crippen molar-refractivity contribution in [2.24, 2.45) is 11.8 Å². The van der Waals surface area contributed by atoms with Crippen molar-refractivity contribution >= 4 is 11.8 Å². The van der Waals surface area contributed by atoms with Crippen LogP contribution in [0.3, 0.4) is 0 Å². The molecule has 0 aromatic heterocycles. The molecule has 3 heteroatoms. The average Bonchev–Trinajstić information content (AvgIpc) is 3.22. The molecule has 2 amide bonds. The van der Waals surface area contributed by atoms with Gasteiger partial charge < -0.3 is 0 Å². The molecule has 2 aliphatic rings. The Morgan fingerprint density at radius 1 is 0.920 bits per heavy atom. The van der Waals surface area contributed by atoms with E-state index in [0.717, 1.165) is 17.5 Å². The van der Waals surface area contributed by atoms with Crippen LogP contribution in [-0.4, -0.2) is 16.7 Å². The van der Waals surface area contributed by atoms with Gasteiger partial charge in [-0.15, -0.1) is 0 Å². The minimum absolute atomic E-state index is 0.000128. The van der Waals surface area contributed by atoms with Crippen LogP contribution in [0.1, 0.15) is 35.6 Å². The third kappa shape index (κ3) is 2.25. The number of nitrogens with zero attached hydrogens (tertiary/aromatic N) is 1. The SMILES string of the molecule is CC[C@]1(c2cc(C)cc(C)c2)[C@@H]2C(=O)N(Cc3ccccc3)C(=O)[C@@H]21. The van der Waals surface area contributed by atoms with Crippen molar-refractivity contribution in [1.29, 1.82) is 0 Å². The Kier molecular flexibility index (Phi) is 3.57. The first-order valence-electron chi connectivity index (χ1n) is 8.97. The maximum Gasteiger partial charge on any atom is 0.234 e. The van der Waals surface area contributed by atoms with Gasteiger partial charge in [0, 0.05) is 5.41 Å². The number of amides is 2. The molecule has 3 atom stereocenters. The van der Waals surface area contributed by atoms with Gasteiger partial charge in [-0.3, -0.25) is 14.5 Å². The second-order valence-corrected chi connectivity index (χ2v) is 7.47. The molecule has 1 saturated carbocycles. The lowest BCUT2D eigenvalue weighted by atomic mass is 9.85. The van der Waals surface area contributed by atoms with Crippen LogP contribution in [0.2, 0.25) is 0 Å². The van der Waals surface area contributed by atoms with Crippen LogP contribution in [0.15, 0.2) is 48.5 Å². The minimum atomic E-state index is -0.294. The molecule has 1 aliphatic heterocycles. The molecule has 4 rings (SSSR count). The second-order valence-electron chi connectivity index (χ2n) is 7.47. The lowest BCUT2D eigenvalue weighted by molar-refractivity contribution is -0.143. The van der Waals surface area contributed by atoms with Crippen LogP contribution in [0.5, 0.6) is 0 Å². The van der Waals surface area contributed by atoms with Gasteiger partial charge in [-0.2, -0.15) is 0 Å². The molecule has 3 nitrogen and oxygen atoms in total. The summed E-state index contributed by atoms with van der Waals surface area (Å²) in [5, 5.41) is 0. The Balaban J connectivity index is 1.65. The Morgan fingerprint density at radius 3 is 2.00 bits per heavy atom. The van der Waals surface area contributed by atoms with Crippen molar-refractivity contribution in [2.75, 3.05) is 0 Å². The van der Waals surface area contributed by atoms with Crippen LogP contribution >= 0.6 is 0 Å². The predicted octanol–water partition coefficient (Wildman–Crippen LogP) is 3.77. The van der Waals surface area contributed by atoms with Gasteiger partial charge in [0.05, 0.1) is 18.4 Å². The van der Waals surface area contributed by atoms with Crippen molar-refractivity contribution in [2.45, 2.75) is 39.2 Å². The first-order chi connectivity index (χ1) is 12.0. The molecule has 25 heavy (non-hydrogen) atoms. The fraction of sp³-hybridized carbons (Fsp3) is 0.364. The van der Waals surface area contributed by atoms with Crippen molar-refractivity contribution in [3.63, 3.8) is 0 Å². The highest BCUT2D eigenvalue weighted by Gasteiger charge is 2.76. The number of piperidine rings is 1. The number of rotatable bonds is 4. The number of benzene rings is 2. The Labute approximate surface area is 148 Å². The molecule has 0 bridgehead atoms. The summed E-state index contributed by atoms with van der Waals surface area (Å²) in [6.07, 6.45) is 0.821. The summed E-state index contributed by atoms with van der Waals surface area (Å²) in [4.78, 5) is 27.4. The number of carbonyl (C=O) groups excluding carboxylic acids is 2. The van der Waals surface area contributed by atoms with E-state index in [4.69, 9.17) is 0 Å². The fourth-order valence-corrected chi connectivity index (χ4v) is 4.78. The highest BCUT2D eigenvalue weighted by atomic mass is 16.2. The molecule has 0 N–H and O–H groups in total. The van der Waals surface area contributed by atoms with Crippen molar-refractivity contribution in [3.8, 4) is 0 Å². The van der Waals surface area contributed by atoms with Crippen LogP contribution in [0.25, 0.3) is 0 Å². The van der Waals surface area contributed by atoms with E-state index in [1.54, 1.807) is 0 Å². The van der Waals surface area contributed by atoms with Gasteiger partial charge in [0.15, 0.2) is 0 Å². The summed E-state index contributed by atoms with van der Waals surface area (Å²) in [7, 11) is 0. The molecule has 2 aromatic rings. The standard InChI is InChI=1S/C22H23NO2/c1-4-22(17-11-14(2)10-15(3)12-17)18-19(22)21(25)23(20(18)24)13-16-8-6-5-7-9-16/h5-12,18-19H,4,13H2,1-3H3/t18-,19+,22-. The van der Waals surface area contributed by atoms with Gasteiger partial charge in [0.2, 0.25) is 11.8 Å². The smallest absolute Gasteiger partial charge is 0.234 e. The summed E-state index contributed by atoms with van der Waals surface area (Å²) < 4.78 is 0. The summed E-state index contributed by atoms with van der Waals surface area (Å²) in [5.41, 5.74) is 4.24. The van der Waals surface area contributed by atoms with Crippen molar-refractivity contribution < 1.29 is 9.59 Å². The number of carbonyl (C=O) groups is 2. The monoisotopic (exact) mass is 333 g/mol. The van der Waals surface area contributed by atoms with Crippen molar-refractivity contribution in [3.05, 3.63) is 70.8 Å². The van der Waals surface area contributed by atoms with E-state index >= 15 is 0 Å². The van der Waals surface area contributed by atoms with E-state index in [9.17, 15) is 9.59 Å². The third-order valence-corrected chi connectivity index (χ3v) is 5.93. The zero-order valence-electron chi connectivity index (χ0n) is 15.0. The van der Waals surface area contributed by atoms with Gasteiger partial charge in [-0.05, 0) is 31.4 Å². The van der Waals surface area contributed by atoms with E-state index in [1.807, 2.05) is 30.3 Å². The predicted molar refractivity (Wildman–Crippen MR) is 96.9 cm³/mol. The molecule has 2 fully saturated rings. The topological polar surface area (TPSA) is 37.4 Å². The van der Waals surface area contributed by atoms with Gasteiger partial charge in [0.1, 0.15) is 0 Å². The van der Waals surface area contributed by atoms with Crippen molar-refractivity contribution in [1.82, 2.24) is 4.90 Å². The number of aryl methyl sites for hydroxylation is 2. The van der Waals surface area contributed by atoms with Crippen LogP contribution in [0, 0.1) is 25.7 Å².